The van der Waals surface area contributed by atoms with Crippen molar-refractivity contribution in [2.45, 2.75) is 18.4 Å². The van der Waals surface area contributed by atoms with E-state index in [-0.39, 0.29) is 6.04 Å². The van der Waals surface area contributed by atoms with Gasteiger partial charge in [0.25, 0.3) is 0 Å². The average Bonchev–Trinajstić information content (AvgIpc) is 2.65. The van der Waals surface area contributed by atoms with Crippen molar-refractivity contribution in [2.24, 2.45) is 0 Å². The minimum Gasteiger partial charge on any atom is -0.339 e. The van der Waals surface area contributed by atoms with Crippen molar-refractivity contribution in [3.63, 3.8) is 0 Å². The Morgan fingerprint density at radius 3 is 2.83 bits per heavy atom. The quantitative estimate of drug-likeness (QED) is 0.802. The second-order valence-electron chi connectivity index (χ2n) is 5.46. The molecular weight excluding hydrogens is 230 g/mol. The predicted molar refractivity (Wildman–Crippen MR) is 67.4 cm³/mol. The molecular formula is C12H21N5O. The summed E-state index contributed by atoms with van der Waals surface area (Å²) in [5.41, 5.74) is 0. The van der Waals surface area contributed by atoms with Gasteiger partial charge in [-0.2, -0.15) is 4.98 Å². The minimum absolute atomic E-state index is 0.253. The molecule has 0 amide bonds. The summed E-state index contributed by atoms with van der Waals surface area (Å²) < 4.78 is 5.40. The molecule has 3 rings (SSSR count). The molecule has 1 atom stereocenters. The van der Waals surface area contributed by atoms with Gasteiger partial charge in [0.15, 0.2) is 5.82 Å². The zero-order chi connectivity index (χ0) is 12.5. The van der Waals surface area contributed by atoms with Gasteiger partial charge in [0.05, 0.1) is 12.0 Å². The lowest BCUT2D eigenvalue weighted by Gasteiger charge is -2.24. The Bertz CT molecular complexity index is 403. The van der Waals surface area contributed by atoms with Crippen molar-refractivity contribution in [3.8, 4) is 0 Å². The SMILES string of the molecule is CN1CCCN(C)C(c2noc(C3CNC3)n2)C1. The van der Waals surface area contributed by atoms with Gasteiger partial charge in [0.2, 0.25) is 5.89 Å². The van der Waals surface area contributed by atoms with E-state index in [1.165, 1.54) is 6.42 Å². The maximum atomic E-state index is 5.40. The van der Waals surface area contributed by atoms with Crippen LogP contribution in [0.5, 0.6) is 0 Å². The number of likely N-dealkylation sites (N-methyl/N-ethyl adjacent to an activating group) is 2. The molecule has 2 saturated heterocycles. The lowest BCUT2D eigenvalue weighted by atomic mass is 10.0. The molecule has 18 heavy (non-hydrogen) atoms. The molecule has 0 saturated carbocycles. The highest BCUT2D eigenvalue weighted by Gasteiger charge is 2.30. The molecule has 0 aromatic carbocycles. The largest absolute Gasteiger partial charge is 0.339 e. The molecule has 2 fully saturated rings. The van der Waals surface area contributed by atoms with E-state index >= 15 is 0 Å². The standard InChI is InChI=1S/C12H21N5O/c1-16-4-3-5-17(2)10(8-16)11-14-12(18-15-11)9-6-13-7-9/h9-10,13H,3-8H2,1-2H3. The molecule has 2 aliphatic rings. The first kappa shape index (κ1) is 12.1. The van der Waals surface area contributed by atoms with Gasteiger partial charge in [-0.05, 0) is 33.6 Å². The van der Waals surface area contributed by atoms with Crippen LogP contribution in [0.25, 0.3) is 0 Å². The van der Waals surface area contributed by atoms with Gasteiger partial charge in [-0.25, -0.2) is 0 Å². The third-order valence-corrected chi connectivity index (χ3v) is 3.95. The van der Waals surface area contributed by atoms with Gasteiger partial charge < -0.3 is 14.7 Å². The van der Waals surface area contributed by atoms with Crippen molar-refractivity contribution in [3.05, 3.63) is 11.7 Å². The van der Waals surface area contributed by atoms with E-state index in [0.717, 1.165) is 44.4 Å². The van der Waals surface area contributed by atoms with Crippen LogP contribution in [0.15, 0.2) is 4.52 Å². The zero-order valence-electron chi connectivity index (χ0n) is 11.1. The van der Waals surface area contributed by atoms with Crippen molar-refractivity contribution < 1.29 is 4.52 Å². The van der Waals surface area contributed by atoms with E-state index in [1.54, 1.807) is 0 Å². The van der Waals surface area contributed by atoms with Crippen LogP contribution in [-0.4, -0.2) is 66.8 Å². The third kappa shape index (κ3) is 2.28. The number of aromatic nitrogens is 2. The minimum atomic E-state index is 0.253. The summed E-state index contributed by atoms with van der Waals surface area (Å²) >= 11 is 0. The van der Waals surface area contributed by atoms with E-state index in [4.69, 9.17) is 4.52 Å². The first-order chi connectivity index (χ1) is 8.74. The number of nitrogens with one attached hydrogen (secondary N) is 1. The predicted octanol–water partition coefficient (Wildman–Crippen LogP) is 0.0648. The zero-order valence-corrected chi connectivity index (χ0v) is 11.1. The summed E-state index contributed by atoms with van der Waals surface area (Å²) in [7, 11) is 4.30. The Balaban J connectivity index is 1.76. The van der Waals surface area contributed by atoms with Crippen LogP contribution >= 0.6 is 0 Å². The van der Waals surface area contributed by atoms with Crippen molar-refractivity contribution in [1.82, 2.24) is 25.3 Å². The fourth-order valence-corrected chi connectivity index (χ4v) is 2.56. The van der Waals surface area contributed by atoms with Crippen molar-refractivity contribution >= 4 is 0 Å². The number of hydrogen-bond donors (Lipinski definition) is 1. The first-order valence-electron chi connectivity index (χ1n) is 6.67. The average molecular weight is 251 g/mol. The van der Waals surface area contributed by atoms with Crippen LogP contribution in [-0.2, 0) is 0 Å². The van der Waals surface area contributed by atoms with Gasteiger partial charge in [-0.1, -0.05) is 5.16 Å². The van der Waals surface area contributed by atoms with Gasteiger partial charge in [0.1, 0.15) is 0 Å². The summed E-state index contributed by atoms with van der Waals surface area (Å²) in [5.74, 6) is 2.05. The molecule has 3 heterocycles. The first-order valence-corrected chi connectivity index (χ1v) is 6.67. The van der Waals surface area contributed by atoms with E-state index in [0.29, 0.717) is 5.92 Å². The fraction of sp³-hybridized carbons (Fsp3) is 0.833. The number of rotatable bonds is 2. The number of hydrogen-bond acceptors (Lipinski definition) is 6. The highest BCUT2D eigenvalue weighted by Crippen LogP contribution is 2.24. The summed E-state index contributed by atoms with van der Waals surface area (Å²) in [6.07, 6.45) is 1.20. The van der Waals surface area contributed by atoms with Crippen molar-refractivity contribution in [2.75, 3.05) is 46.8 Å². The van der Waals surface area contributed by atoms with Gasteiger partial charge in [-0.3, -0.25) is 4.90 Å². The van der Waals surface area contributed by atoms with Gasteiger partial charge in [0, 0.05) is 19.6 Å². The second-order valence-corrected chi connectivity index (χ2v) is 5.46. The Labute approximate surface area is 107 Å². The molecule has 0 spiro atoms. The lowest BCUT2D eigenvalue weighted by Crippen LogP contribution is -2.40. The Hall–Kier alpha value is -0.980. The molecule has 1 aromatic heterocycles. The van der Waals surface area contributed by atoms with Crippen LogP contribution in [0, 0.1) is 0 Å². The molecule has 1 unspecified atom stereocenters. The molecule has 6 nitrogen and oxygen atoms in total. The molecule has 2 aliphatic heterocycles. The highest BCUT2D eigenvalue weighted by atomic mass is 16.5. The smallest absolute Gasteiger partial charge is 0.232 e. The number of nitrogens with zero attached hydrogens (tertiary/aromatic N) is 4. The van der Waals surface area contributed by atoms with Crippen LogP contribution in [0.3, 0.4) is 0 Å². The van der Waals surface area contributed by atoms with Crippen LogP contribution in [0.1, 0.15) is 30.1 Å². The second kappa shape index (κ2) is 4.95. The molecule has 0 aliphatic carbocycles. The topological polar surface area (TPSA) is 57.4 Å². The Kier molecular flexibility index (Phi) is 3.32. The molecule has 0 radical (unpaired) electrons. The molecule has 0 bridgehead atoms. The van der Waals surface area contributed by atoms with Gasteiger partial charge >= 0.3 is 0 Å². The maximum absolute atomic E-state index is 5.40. The summed E-state index contributed by atoms with van der Waals surface area (Å²) in [4.78, 5) is 9.27. The molecule has 1 aromatic rings. The highest BCUT2D eigenvalue weighted by molar-refractivity contribution is 5.04. The molecule has 6 heteroatoms. The lowest BCUT2D eigenvalue weighted by molar-refractivity contribution is 0.214. The summed E-state index contributed by atoms with van der Waals surface area (Å²) in [5, 5.41) is 7.41. The summed E-state index contributed by atoms with van der Waals surface area (Å²) in [6, 6.07) is 0.253. The van der Waals surface area contributed by atoms with E-state index in [1.807, 2.05) is 0 Å². The monoisotopic (exact) mass is 251 g/mol. The molecule has 100 valence electrons. The third-order valence-electron chi connectivity index (χ3n) is 3.95. The van der Waals surface area contributed by atoms with Gasteiger partial charge in [-0.15, -0.1) is 0 Å². The van der Waals surface area contributed by atoms with Crippen LogP contribution in [0.4, 0.5) is 0 Å². The molecule has 1 N–H and O–H groups in total. The Morgan fingerprint density at radius 1 is 1.28 bits per heavy atom. The normalized spacial score (nSPS) is 28.0. The van der Waals surface area contributed by atoms with E-state index in [9.17, 15) is 0 Å². The van der Waals surface area contributed by atoms with Crippen LogP contribution < -0.4 is 5.32 Å². The Morgan fingerprint density at radius 2 is 2.11 bits per heavy atom. The van der Waals surface area contributed by atoms with E-state index < -0.39 is 0 Å². The maximum Gasteiger partial charge on any atom is 0.232 e. The summed E-state index contributed by atoms with van der Waals surface area (Å²) in [6.45, 7) is 5.12. The van der Waals surface area contributed by atoms with Crippen molar-refractivity contribution in [1.29, 1.82) is 0 Å². The van der Waals surface area contributed by atoms with E-state index in [2.05, 4.69) is 39.4 Å². The van der Waals surface area contributed by atoms with Crippen LogP contribution in [0.2, 0.25) is 0 Å². The fourth-order valence-electron chi connectivity index (χ4n) is 2.56.